The van der Waals surface area contributed by atoms with E-state index in [0.29, 0.717) is 17.3 Å². The van der Waals surface area contributed by atoms with E-state index in [-0.39, 0.29) is 10.7 Å². The molecule has 0 radical (unpaired) electrons. The molecule has 1 aliphatic rings. The van der Waals surface area contributed by atoms with Crippen LogP contribution in [0.5, 0.6) is 0 Å². The molecule has 0 bridgehead atoms. The van der Waals surface area contributed by atoms with Gasteiger partial charge in [0.05, 0.1) is 15.9 Å². The van der Waals surface area contributed by atoms with Gasteiger partial charge < -0.3 is 4.90 Å². The Bertz CT molecular complexity index is 1050. The molecule has 27 heavy (non-hydrogen) atoms. The average Bonchev–Trinajstić information content (AvgIpc) is 2.68. The molecule has 140 valence electrons. The van der Waals surface area contributed by atoms with E-state index in [0.717, 1.165) is 25.0 Å². The van der Waals surface area contributed by atoms with Crippen LogP contribution in [0.2, 0.25) is 0 Å². The van der Waals surface area contributed by atoms with Gasteiger partial charge in [-0.25, -0.2) is 18.4 Å². The zero-order chi connectivity index (χ0) is 18.9. The maximum absolute atomic E-state index is 12.8. The molecule has 1 N–H and O–H groups in total. The van der Waals surface area contributed by atoms with E-state index in [4.69, 9.17) is 4.98 Å². The summed E-state index contributed by atoms with van der Waals surface area (Å²) in [6, 6.07) is 15.8. The Hall–Kier alpha value is -2.67. The largest absolute Gasteiger partial charge is 0.353 e. The Morgan fingerprint density at radius 1 is 1.00 bits per heavy atom. The predicted octanol–water partition coefficient (Wildman–Crippen LogP) is 3.67. The van der Waals surface area contributed by atoms with Crippen molar-refractivity contribution in [3.05, 3.63) is 54.6 Å². The summed E-state index contributed by atoms with van der Waals surface area (Å²) in [5.74, 6) is 1.41. The molecule has 1 aromatic heterocycles. The van der Waals surface area contributed by atoms with Crippen LogP contribution >= 0.6 is 0 Å². The van der Waals surface area contributed by atoms with E-state index in [1.165, 1.54) is 6.42 Å². The Kier molecular flexibility index (Phi) is 4.70. The molecule has 4 rings (SSSR count). The lowest BCUT2D eigenvalue weighted by atomic mass is 10.0. The molecule has 2 heterocycles. The smallest absolute Gasteiger partial charge is 0.263 e. The molecule has 1 saturated heterocycles. The van der Waals surface area contributed by atoms with E-state index in [1.807, 2.05) is 24.3 Å². The summed E-state index contributed by atoms with van der Waals surface area (Å²) in [7, 11) is -3.74. The van der Waals surface area contributed by atoms with Gasteiger partial charge in [0.2, 0.25) is 0 Å². The first-order chi connectivity index (χ1) is 13.0. The third kappa shape index (κ3) is 3.73. The van der Waals surface area contributed by atoms with Crippen molar-refractivity contribution in [2.75, 3.05) is 22.7 Å². The fourth-order valence-electron chi connectivity index (χ4n) is 3.45. The molecule has 2 aromatic carbocycles. The topological polar surface area (TPSA) is 75.2 Å². The second-order valence-corrected chi connectivity index (χ2v) is 8.68. The van der Waals surface area contributed by atoms with E-state index in [1.54, 1.807) is 30.3 Å². The highest BCUT2D eigenvalue weighted by Crippen LogP contribution is 2.30. The van der Waals surface area contributed by atoms with Crippen LogP contribution in [0.3, 0.4) is 0 Å². The van der Waals surface area contributed by atoms with Crippen molar-refractivity contribution in [2.45, 2.75) is 24.7 Å². The summed E-state index contributed by atoms with van der Waals surface area (Å²) in [5.41, 5.74) is 1.42. The number of nitrogens with zero attached hydrogens (tertiary/aromatic N) is 3. The minimum atomic E-state index is -3.74. The van der Waals surface area contributed by atoms with Gasteiger partial charge in [0.1, 0.15) is 0 Å². The van der Waals surface area contributed by atoms with Gasteiger partial charge in [-0.1, -0.05) is 37.3 Å². The molecule has 0 saturated carbocycles. The third-order valence-corrected chi connectivity index (χ3v) is 6.15. The SMILES string of the molecule is CC1CCCN(c2nc3ccccc3nc2NS(=O)(=O)c2ccccc2)C1. The number of para-hydroxylation sites is 2. The summed E-state index contributed by atoms with van der Waals surface area (Å²) in [5, 5.41) is 0. The van der Waals surface area contributed by atoms with Gasteiger partial charge in [-0.05, 0) is 43.0 Å². The van der Waals surface area contributed by atoms with Gasteiger partial charge in [0.25, 0.3) is 10.0 Å². The lowest BCUT2D eigenvalue weighted by molar-refractivity contribution is 0.445. The van der Waals surface area contributed by atoms with Crippen molar-refractivity contribution < 1.29 is 8.42 Å². The van der Waals surface area contributed by atoms with E-state index >= 15 is 0 Å². The van der Waals surface area contributed by atoms with Crippen LogP contribution in [-0.2, 0) is 10.0 Å². The molecule has 1 fully saturated rings. The Morgan fingerprint density at radius 2 is 1.67 bits per heavy atom. The van der Waals surface area contributed by atoms with Crippen molar-refractivity contribution in [1.29, 1.82) is 0 Å². The number of nitrogens with one attached hydrogen (secondary N) is 1. The molecule has 0 spiro atoms. The number of aromatic nitrogens is 2. The Morgan fingerprint density at radius 3 is 2.37 bits per heavy atom. The van der Waals surface area contributed by atoms with Crippen LogP contribution in [-0.4, -0.2) is 31.5 Å². The first-order valence-electron chi connectivity index (χ1n) is 9.12. The first kappa shape index (κ1) is 17.7. The lowest BCUT2D eigenvalue weighted by Gasteiger charge is -2.32. The molecular formula is C20H22N4O2S. The highest BCUT2D eigenvalue weighted by Gasteiger charge is 2.24. The van der Waals surface area contributed by atoms with Crippen LogP contribution in [0.1, 0.15) is 19.8 Å². The zero-order valence-corrected chi connectivity index (χ0v) is 16.0. The molecular weight excluding hydrogens is 360 g/mol. The molecule has 3 aromatic rings. The Balaban J connectivity index is 1.79. The lowest BCUT2D eigenvalue weighted by Crippen LogP contribution is -2.35. The van der Waals surface area contributed by atoms with Crippen LogP contribution in [0, 0.1) is 5.92 Å². The number of anilines is 2. The number of fused-ring (bicyclic) bond motifs is 1. The second-order valence-electron chi connectivity index (χ2n) is 7.00. The summed E-state index contributed by atoms with van der Waals surface area (Å²) in [6.07, 6.45) is 2.23. The van der Waals surface area contributed by atoms with Crippen molar-refractivity contribution in [2.24, 2.45) is 5.92 Å². The highest BCUT2D eigenvalue weighted by molar-refractivity contribution is 7.92. The predicted molar refractivity (Wildman–Crippen MR) is 107 cm³/mol. The quantitative estimate of drug-likeness (QED) is 0.745. The summed E-state index contributed by atoms with van der Waals surface area (Å²) in [6.45, 7) is 3.89. The van der Waals surface area contributed by atoms with E-state index in [9.17, 15) is 8.42 Å². The number of hydrogen-bond acceptors (Lipinski definition) is 5. The fraction of sp³-hybridized carbons (Fsp3) is 0.300. The molecule has 1 unspecified atom stereocenters. The first-order valence-corrected chi connectivity index (χ1v) is 10.6. The van der Waals surface area contributed by atoms with Crippen LogP contribution in [0.15, 0.2) is 59.5 Å². The third-order valence-electron chi connectivity index (χ3n) is 4.79. The van der Waals surface area contributed by atoms with Gasteiger partial charge in [-0.3, -0.25) is 4.72 Å². The number of benzene rings is 2. The van der Waals surface area contributed by atoms with Crippen molar-refractivity contribution in [3.63, 3.8) is 0 Å². The van der Waals surface area contributed by atoms with Crippen LogP contribution in [0.4, 0.5) is 11.6 Å². The standard InChI is InChI=1S/C20H22N4O2S/c1-15-8-7-13-24(14-15)20-19(21-17-11-5-6-12-18(17)22-20)23-27(25,26)16-9-3-2-4-10-16/h2-6,9-12,15H,7-8,13-14H2,1H3,(H,21,23). The van der Waals surface area contributed by atoms with Gasteiger partial charge >= 0.3 is 0 Å². The molecule has 1 aliphatic heterocycles. The monoisotopic (exact) mass is 382 g/mol. The molecule has 0 amide bonds. The molecule has 7 heteroatoms. The summed E-state index contributed by atoms with van der Waals surface area (Å²) in [4.78, 5) is 11.7. The van der Waals surface area contributed by atoms with Gasteiger partial charge in [-0.2, -0.15) is 0 Å². The molecule has 6 nitrogen and oxygen atoms in total. The summed E-state index contributed by atoms with van der Waals surface area (Å²) < 4.78 is 28.3. The van der Waals surface area contributed by atoms with Gasteiger partial charge in [0, 0.05) is 13.1 Å². The number of hydrogen-bond donors (Lipinski definition) is 1. The van der Waals surface area contributed by atoms with E-state index < -0.39 is 10.0 Å². The Labute approximate surface area is 159 Å². The number of sulfonamides is 1. The van der Waals surface area contributed by atoms with Crippen LogP contribution in [0.25, 0.3) is 11.0 Å². The second kappa shape index (κ2) is 7.15. The maximum Gasteiger partial charge on any atom is 0.263 e. The van der Waals surface area contributed by atoms with Crippen LogP contribution < -0.4 is 9.62 Å². The van der Waals surface area contributed by atoms with Gasteiger partial charge in [0.15, 0.2) is 11.6 Å². The average molecular weight is 382 g/mol. The fourth-order valence-corrected chi connectivity index (χ4v) is 4.47. The number of piperidine rings is 1. The van der Waals surface area contributed by atoms with Crippen molar-refractivity contribution in [1.82, 2.24) is 9.97 Å². The van der Waals surface area contributed by atoms with Gasteiger partial charge in [-0.15, -0.1) is 0 Å². The minimum absolute atomic E-state index is 0.206. The van der Waals surface area contributed by atoms with Crippen molar-refractivity contribution in [3.8, 4) is 0 Å². The highest BCUT2D eigenvalue weighted by atomic mass is 32.2. The minimum Gasteiger partial charge on any atom is -0.353 e. The normalized spacial score (nSPS) is 17.8. The molecule has 0 aliphatic carbocycles. The zero-order valence-electron chi connectivity index (χ0n) is 15.2. The van der Waals surface area contributed by atoms with Crippen molar-refractivity contribution >= 4 is 32.7 Å². The maximum atomic E-state index is 12.8. The number of rotatable bonds is 4. The van der Waals surface area contributed by atoms with E-state index in [2.05, 4.69) is 21.5 Å². The molecule has 1 atom stereocenters. The summed E-state index contributed by atoms with van der Waals surface area (Å²) >= 11 is 0.